The number of rotatable bonds is 11. The Morgan fingerprint density at radius 1 is 1.11 bits per heavy atom. The summed E-state index contributed by atoms with van der Waals surface area (Å²) in [6, 6.07) is 0.244. The third kappa shape index (κ3) is 7.34. The van der Waals surface area contributed by atoms with Crippen molar-refractivity contribution < 1.29 is 8.42 Å². The van der Waals surface area contributed by atoms with Gasteiger partial charge in [-0.2, -0.15) is 0 Å². The Balaban J connectivity index is 4.15. The molecule has 0 rings (SSSR count). The lowest BCUT2D eigenvalue weighted by molar-refractivity contribution is 0.304. The maximum atomic E-state index is 11.4. The molecular formula is C13H30N2O2S. The summed E-state index contributed by atoms with van der Waals surface area (Å²) in [7, 11) is -2.84. The zero-order valence-electron chi connectivity index (χ0n) is 12.1. The number of hydrazine groups is 1. The zero-order chi connectivity index (χ0) is 14.0. The van der Waals surface area contributed by atoms with E-state index in [1.807, 2.05) is 0 Å². The molecule has 0 spiro atoms. The standard InChI is InChI=1S/C13H30N2O2S/c1-4-7-9-12(5-2)13(15-14)10-8-11-18(16,17)6-3/h12-13,15H,4-11,14H2,1-3H3. The molecule has 2 atom stereocenters. The van der Waals surface area contributed by atoms with Gasteiger partial charge >= 0.3 is 0 Å². The quantitative estimate of drug-likeness (QED) is 0.449. The molecule has 0 saturated heterocycles. The first kappa shape index (κ1) is 17.9. The largest absolute Gasteiger partial charge is 0.271 e. The van der Waals surface area contributed by atoms with Crippen molar-refractivity contribution >= 4 is 9.84 Å². The summed E-state index contributed by atoms with van der Waals surface area (Å²) in [5, 5.41) is 0. The van der Waals surface area contributed by atoms with Gasteiger partial charge in [-0.05, 0) is 25.2 Å². The van der Waals surface area contributed by atoms with E-state index in [0.29, 0.717) is 12.3 Å². The molecule has 0 amide bonds. The van der Waals surface area contributed by atoms with Gasteiger partial charge in [-0.1, -0.05) is 40.0 Å². The average Bonchev–Trinajstić information content (AvgIpc) is 2.37. The van der Waals surface area contributed by atoms with Crippen LogP contribution in [-0.4, -0.2) is 26.0 Å². The molecule has 0 aromatic heterocycles. The van der Waals surface area contributed by atoms with Crippen LogP contribution in [0.3, 0.4) is 0 Å². The molecule has 2 unspecified atom stereocenters. The summed E-state index contributed by atoms with van der Waals surface area (Å²) in [5.41, 5.74) is 2.87. The lowest BCUT2D eigenvalue weighted by atomic mass is 9.89. The number of sulfone groups is 1. The minimum absolute atomic E-state index is 0.237. The molecule has 0 aliphatic carbocycles. The van der Waals surface area contributed by atoms with Crippen LogP contribution in [0.2, 0.25) is 0 Å². The van der Waals surface area contributed by atoms with Crippen LogP contribution < -0.4 is 11.3 Å². The van der Waals surface area contributed by atoms with Crippen LogP contribution in [0.4, 0.5) is 0 Å². The average molecular weight is 278 g/mol. The molecule has 5 heteroatoms. The Labute approximate surface area is 113 Å². The van der Waals surface area contributed by atoms with E-state index in [4.69, 9.17) is 5.84 Å². The van der Waals surface area contributed by atoms with Crippen LogP contribution in [0, 0.1) is 5.92 Å². The predicted octanol–water partition coefficient (Wildman–Crippen LogP) is 2.25. The first-order valence-corrected chi connectivity index (χ1v) is 8.99. The molecule has 0 aromatic rings. The Kier molecular flexibility index (Phi) is 9.68. The fraction of sp³-hybridized carbons (Fsp3) is 1.00. The molecule has 0 aliphatic rings. The van der Waals surface area contributed by atoms with Crippen LogP contribution in [0.1, 0.15) is 59.3 Å². The molecule has 0 saturated carbocycles. The summed E-state index contributed by atoms with van der Waals surface area (Å²) in [6.07, 6.45) is 6.21. The minimum atomic E-state index is -2.84. The first-order chi connectivity index (χ1) is 8.50. The van der Waals surface area contributed by atoms with Crippen LogP contribution in [0.15, 0.2) is 0 Å². The SMILES string of the molecule is CCCCC(CC)C(CCCS(=O)(=O)CC)NN. The van der Waals surface area contributed by atoms with E-state index in [0.717, 1.165) is 12.8 Å². The van der Waals surface area contributed by atoms with E-state index in [9.17, 15) is 8.42 Å². The molecule has 0 aliphatic heterocycles. The highest BCUT2D eigenvalue weighted by atomic mass is 32.2. The van der Waals surface area contributed by atoms with E-state index in [2.05, 4.69) is 19.3 Å². The Hall–Kier alpha value is -0.130. The third-order valence-electron chi connectivity index (χ3n) is 3.65. The van der Waals surface area contributed by atoms with Gasteiger partial charge in [0.15, 0.2) is 0 Å². The second-order valence-corrected chi connectivity index (χ2v) is 7.44. The van der Waals surface area contributed by atoms with Crippen LogP contribution in [0.25, 0.3) is 0 Å². The summed E-state index contributed by atoms with van der Waals surface area (Å²) in [5.74, 6) is 6.68. The highest BCUT2D eigenvalue weighted by molar-refractivity contribution is 7.91. The van der Waals surface area contributed by atoms with Gasteiger partial charge in [-0.15, -0.1) is 0 Å². The highest BCUT2D eigenvalue weighted by Gasteiger charge is 2.19. The number of nitrogens with two attached hydrogens (primary N) is 1. The molecule has 0 heterocycles. The van der Waals surface area contributed by atoms with Crippen molar-refractivity contribution in [2.75, 3.05) is 11.5 Å². The number of nitrogens with one attached hydrogen (secondary N) is 1. The summed E-state index contributed by atoms with van der Waals surface area (Å²) in [6.45, 7) is 6.06. The number of hydrogen-bond acceptors (Lipinski definition) is 4. The summed E-state index contributed by atoms with van der Waals surface area (Å²) in [4.78, 5) is 0. The van der Waals surface area contributed by atoms with Gasteiger partial charge in [0.1, 0.15) is 9.84 Å². The van der Waals surface area contributed by atoms with Crippen molar-refractivity contribution in [2.24, 2.45) is 11.8 Å². The van der Waals surface area contributed by atoms with Crippen molar-refractivity contribution in [1.29, 1.82) is 0 Å². The topological polar surface area (TPSA) is 72.2 Å². The van der Waals surface area contributed by atoms with Gasteiger partial charge in [0.25, 0.3) is 0 Å². The molecule has 0 aromatic carbocycles. The van der Waals surface area contributed by atoms with Crippen molar-refractivity contribution in [3.05, 3.63) is 0 Å². The van der Waals surface area contributed by atoms with Gasteiger partial charge in [-0.3, -0.25) is 11.3 Å². The van der Waals surface area contributed by atoms with Crippen LogP contribution >= 0.6 is 0 Å². The van der Waals surface area contributed by atoms with Crippen LogP contribution in [-0.2, 0) is 9.84 Å². The highest BCUT2D eigenvalue weighted by Crippen LogP contribution is 2.20. The lowest BCUT2D eigenvalue weighted by Gasteiger charge is -2.25. The van der Waals surface area contributed by atoms with Crippen molar-refractivity contribution in [3.8, 4) is 0 Å². The lowest BCUT2D eigenvalue weighted by Crippen LogP contribution is -2.41. The van der Waals surface area contributed by atoms with Crippen molar-refractivity contribution in [1.82, 2.24) is 5.43 Å². The Bertz CT molecular complexity index is 291. The van der Waals surface area contributed by atoms with E-state index >= 15 is 0 Å². The summed E-state index contributed by atoms with van der Waals surface area (Å²) >= 11 is 0. The molecule has 0 bridgehead atoms. The molecule has 0 radical (unpaired) electrons. The van der Waals surface area contributed by atoms with Gasteiger partial charge in [0.2, 0.25) is 0 Å². The van der Waals surface area contributed by atoms with Gasteiger partial charge < -0.3 is 0 Å². The third-order valence-corrected chi connectivity index (χ3v) is 5.44. The van der Waals surface area contributed by atoms with Crippen LogP contribution in [0.5, 0.6) is 0 Å². The van der Waals surface area contributed by atoms with Gasteiger partial charge in [-0.25, -0.2) is 8.42 Å². The maximum Gasteiger partial charge on any atom is 0.150 e. The van der Waals surface area contributed by atoms with Crippen molar-refractivity contribution in [3.63, 3.8) is 0 Å². The minimum Gasteiger partial charge on any atom is -0.271 e. The normalized spacial score (nSPS) is 15.6. The predicted molar refractivity (Wildman–Crippen MR) is 78.0 cm³/mol. The van der Waals surface area contributed by atoms with E-state index in [1.165, 1.54) is 19.3 Å². The van der Waals surface area contributed by atoms with Gasteiger partial charge in [0, 0.05) is 11.8 Å². The maximum absolute atomic E-state index is 11.4. The molecule has 110 valence electrons. The number of hydrogen-bond donors (Lipinski definition) is 2. The van der Waals surface area contributed by atoms with Crippen molar-refractivity contribution in [2.45, 2.75) is 65.3 Å². The second kappa shape index (κ2) is 9.75. The molecule has 0 fully saturated rings. The molecule has 4 nitrogen and oxygen atoms in total. The van der Waals surface area contributed by atoms with E-state index < -0.39 is 9.84 Å². The molecule has 18 heavy (non-hydrogen) atoms. The van der Waals surface area contributed by atoms with E-state index in [1.54, 1.807) is 6.92 Å². The fourth-order valence-electron chi connectivity index (χ4n) is 2.28. The number of unbranched alkanes of at least 4 members (excludes halogenated alkanes) is 1. The van der Waals surface area contributed by atoms with E-state index in [-0.39, 0.29) is 17.5 Å². The molecular weight excluding hydrogens is 248 g/mol. The second-order valence-electron chi connectivity index (χ2n) is 4.96. The Morgan fingerprint density at radius 3 is 2.22 bits per heavy atom. The fourth-order valence-corrected chi connectivity index (χ4v) is 3.17. The first-order valence-electron chi connectivity index (χ1n) is 7.17. The molecule has 3 N–H and O–H groups in total. The Morgan fingerprint density at radius 2 is 1.78 bits per heavy atom. The smallest absolute Gasteiger partial charge is 0.150 e. The summed E-state index contributed by atoms with van der Waals surface area (Å²) < 4.78 is 22.9. The zero-order valence-corrected chi connectivity index (χ0v) is 12.9. The monoisotopic (exact) mass is 278 g/mol. The van der Waals surface area contributed by atoms with Gasteiger partial charge in [0.05, 0.1) is 5.75 Å².